The van der Waals surface area contributed by atoms with Crippen LogP contribution in [0.3, 0.4) is 0 Å². The van der Waals surface area contributed by atoms with E-state index < -0.39 is 0 Å². The Hall–Kier alpha value is -1.64. The van der Waals surface area contributed by atoms with Crippen molar-refractivity contribution in [1.29, 1.82) is 0 Å². The average molecular weight is 390 g/mol. The van der Waals surface area contributed by atoms with Gasteiger partial charge in [0.15, 0.2) is 5.65 Å². The summed E-state index contributed by atoms with van der Waals surface area (Å²) in [6.45, 7) is 3.94. The van der Waals surface area contributed by atoms with E-state index >= 15 is 0 Å². The van der Waals surface area contributed by atoms with Gasteiger partial charge in [0, 0.05) is 39.6 Å². The molecule has 1 saturated heterocycles. The van der Waals surface area contributed by atoms with Crippen LogP contribution in [0.4, 0.5) is 5.82 Å². The Labute approximate surface area is 159 Å². The van der Waals surface area contributed by atoms with Crippen LogP contribution in [-0.4, -0.2) is 70.3 Å². The first-order valence-electron chi connectivity index (χ1n) is 8.00. The second kappa shape index (κ2) is 9.74. The Balaban J connectivity index is 0.00000156. The van der Waals surface area contributed by atoms with Gasteiger partial charge in [-0.2, -0.15) is 5.10 Å². The first-order valence-corrected chi connectivity index (χ1v) is 8.00. The summed E-state index contributed by atoms with van der Waals surface area (Å²) in [7, 11) is 3.78. The Morgan fingerprint density at radius 3 is 2.60 bits per heavy atom. The molecule has 0 saturated carbocycles. The highest BCUT2D eigenvalue weighted by Gasteiger charge is 2.23. The predicted molar refractivity (Wildman–Crippen MR) is 103 cm³/mol. The van der Waals surface area contributed by atoms with Crippen LogP contribution in [0.1, 0.15) is 12.8 Å². The maximum absolute atomic E-state index is 12.2. The number of aryl methyl sites for hydroxylation is 1. The van der Waals surface area contributed by atoms with Crippen molar-refractivity contribution >= 4 is 47.6 Å². The molecule has 0 aromatic carbocycles. The Morgan fingerprint density at radius 1 is 1.20 bits per heavy atom. The summed E-state index contributed by atoms with van der Waals surface area (Å²) in [5.74, 6) is 1.15. The fourth-order valence-electron chi connectivity index (χ4n) is 2.94. The number of carbonyl (C=O) groups is 1. The topological polar surface area (TPSA) is 79.2 Å². The van der Waals surface area contributed by atoms with E-state index in [1.165, 1.54) is 0 Å². The number of hydrogen-bond acceptors (Lipinski definition) is 6. The third kappa shape index (κ3) is 4.71. The van der Waals surface area contributed by atoms with Crippen LogP contribution in [0.15, 0.2) is 12.5 Å². The molecule has 2 aromatic heterocycles. The average Bonchev–Trinajstić information content (AvgIpc) is 2.97. The first-order chi connectivity index (χ1) is 11.2. The second-order valence-electron chi connectivity index (χ2n) is 5.78. The molecular formula is C15H25Cl2N7O. The molecule has 25 heavy (non-hydrogen) atoms. The van der Waals surface area contributed by atoms with Crippen LogP contribution in [0.2, 0.25) is 0 Å². The van der Waals surface area contributed by atoms with E-state index in [1.54, 1.807) is 17.2 Å². The first kappa shape index (κ1) is 21.4. The molecule has 0 spiro atoms. The normalized spacial score (nSPS) is 14.2. The maximum Gasteiger partial charge on any atom is 0.222 e. The van der Waals surface area contributed by atoms with Crippen LogP contribution < -0.4 is 10.2 Å². The number of halogens is 2. The van der Waals surface area contributed by atoms with Crippen molar-refractivity contribution in [2.45, 2.75) is 12.8 Å². The standard InChI is InChI=1S/C15H23N7O.2ClH/c1-16-5-3-4-13(23)21-6-8-22(9-7-21)15-12-10-19-20(2)14(12)17-11-18-15;;/h10-11,16H,3-9H2,1-2H3;2*1H. The van der Waals surface area contributed by atoms with Crippen LogP contribution in [0.25, 0.3) is 11.0 Å². The van der Waals surface area contributed by atoms with Crippen molar-refractivity contribution in [1.82, 2.24) is 30.0 Å². The summed E-state index contributed by atoms with van der Waals surface area (Å²) in [5.41, 5.74) is 0.834. The molecule has 8 nitrogen and oxygen atoms in total. The molecule has 10 heteroatoms. The number of rotatable bonds is 5. The number of amides is 1. The van der Waals surface area contributed by atoms with Crippen LogP contribution in [0, 0.1) is 0 Å². The quantitative estimate of drug-likeness (QED) is 0.763. The molecule has 1 amide bonds. The third-order valence-electron chi connectivity index (χ3n) is 4.26. The molecule has 0 unspecified atom stereocenters. The van der Waals surface area contributed by atoms with E-state index in [1.807, 2.05) is 19.0 Å². The smallest absolute Gasteiger partial charge is 0.222 e. The lowest BCUT2D eigenvalue weighted by atomic mass is 10.2. The zero-order valence-electron chi connectivity index (χ0n) is 14.5. The van der Waals surface area contributed by atoms with Gasteiger partial charge in [-0.3, -0.25) is 9.48 Å². The lowest BCUT2D eigenvalue weighted by Crippen LogP contribution is -2.49. The van der Waals surface area contributed by atoms with Crippen molar-refractivity contribution < 1.29 is 4.79 Å². The van der Waals surface area contributed by atoms with Gasteiger partial charge in [-0.15, -0.1) is 24.8 Å². The minimum absolute atomic E-state index is 0. The van der Waals surface area contributed by atoms with Gasteiger partial charge in [0.1, 0.15) is 12.1 Å². The van der Waals surface area contributed by atoms with Crippen LogP contribution in [0.5, 0.6) is 0 Å². The molecule has 0 radical (unpaired) electrons. The Bertz CT molecular complexity index is 686. The second-order valence-corrected chi connectivity index (χ2v) is 5.78. The third-order valence-corrected chi connectivity index (χ3v) is 4.26. The van der Waals surface area contributed by atoms with E-state index in [9.17, 15) is 4.79 Å². The zero-order chi connectivity index (χ0) is 16.2. The van der Waals surface area contributed by atoms with E-state index in [-0.39, 0.29) is 30.7 Å². The SMILES string of the molecule is CNCCCC(=O)N1CCN(c2ncnc3c2cnn3C)CC1.Cl.Cl. The van der Waals surface area contributed by atoms with Crippen molar-refractivity contribution in [3.63, 3.8) is 0 Å². The molecule has 2 aromatic rings. The van der Waals surface area contributed by atoms with Crippen molar-refractivity contribution in [3.8, 4) is 0 Å². The van der Waals surface area contributed by atoms with Gasteiger partial charge >= 0.3 is 0 Å². The number of piperazine rings is 1. The van der Waals surface area contributed by atoms with Gasteiger partial charge in [-0.1, -0.05) is 0 Å². The van der Waals surface area contributed by atoms with Gasteiger partial charge in [0.2, 0.25) is 5.91 Å². The molecule has 1 fully saturated rings. The van der Waals surface area contributed by atoms with Crippen LogP contribution in [-0.2, 0) is 11.8 Å². The minimum Gasteiger partial charge on any atom is -0.352 e. The van der Waals surface area contributed by atoms with E-state index in [0.717, 1.165) is 56.0 Å². The molecule has 140 valence electrons. The minimum atomic E-state index is 0. The van der Waals surface area contributed by atoms with Gasteiger partial charge in [-0.05, 0) is 20.0 Å². The maximum atomic E-state index is 12.2. The number of nitrogens with one attached hydrogen (secondary N) is 1. The lowest BCUT2D eigenvalue weighted by Gasteiger charge is -2.35. The number of carbonyl (C=O) groups excluding carboxylic acids is 1. The van der Waals surface area contributed by atoms with Gasteiger partial charge < -0.3 is 15.1 Å². The molecule has 1 N–H and O–H groups in total. The largest absolute Gasteiger partial charge is 0.352 e. The highest BCUT2D eigenvalue weighted by Crippen LogP contribution is 2.23. The summed E-state index contributed by atoms with van der Waals surface area (Å²) in [5, 5.41) is 8.29. The summed E-state index contributed by atoms with van der Waals surface area (Å²) < 4.78 is 1.75. The molecule has 0 bridgehead atoms. The van der Waals surface area contributed by atoms with E-state index in [0.29, 0.717) is 6.42 Å². The van der Waals surface area contributed by atoms with Gasteiger partial charge in [0.25, 0.3) is 0 Å². The zero-order valence-corrected chi connectivity index (χ0v) is 16.1. The molecule has 3 rings (SSSR count). The number of anilines is 1. The monoisotopic (exact) mass is 389 g/mol. The highest BCUT2D eigenvalue weighted by atomic mass is 35.5. The highest BCUT2D eigenvalue weighted by molar-refractivity contribution is 5.87. The fraction of sp³-hybridized carbons (Fsp3) is 0.600. The van der Waals surface area contributed by atoms with Gasteiger partial charge in [0.05, 0.1) is 11.6 Å². The lowest BCUT2D eigenvalue weighted by molar-refractivity contribution is -0.131. The molecule has 1 aliphatic rings. The number of fused-ring (bicyclic) bond motifs is 1. The van der Waals surface area contributed by atoms with Crippen LogP contribution >= 0.6 is 24.8 Å². The van der Waals surface area contributed by atoms with E-state index in [4.69, 9.17) is 0 Å². The molecular weight excluding hydrogens is 365 g/mol. The molecule has 3 heterocycles. The van der Waals surface area contributed by atoms with E-state index in [2.05, 4.69) is 25.3 Å². The number of aromatic nitrogens is 4. The Kier molecular flexibility index (Phi) is 8.34. The summed E-state index contributed by atoms with van der Waals surface area (Å²) >= 11 is 0. The van der Waals surface area contributed by atoms with Crippen molar-refractivity contribution in [2.24, 2.45) is 7.05 Å². The summed E-state index contributed by atoms with van der Waals surface area (Å²) in [6.07, 6.45) is 4.88. The number of hydrogen-bond donors (Lipinski definition) is 1. The summed E-state index contributed by atoms with van der Waals surface area (Å²) in [6, 6.07) is 0. The fourth-order valence-corrected chi connectivity index (χ4v) is 2.94. The predicted octanol–water partition coefficient (Wildman–Crippen LogP) is 0.855. The van der Waals surface area contributed by atoms with Crippen molar-refractivity contribution in [3.05, 3.63) is 12.5 Å². The van der Waals surface area contributed by atoms with Gasteiger partial charge in [-0.25, -0.2) is 9.97 Å². The van der Waals surface area contributed by atoms with Crippen molar-refractivity contribution in [2.75, 3.05) is 44.7 Å². The number of nitrogens with zero attached hydrogens (tertiary/aromatic N) is 6. The molecule has 1 aliphatic heterocycles. The molecule has 0 atom stereocenters. The summed E-state index contributed by atoms with van der Waals surface area (Å²) in [4.78, 5) is 25.0. The Morgan fingerprint density at radius 2 is 1.92 bits per heavy atom. The molecule has 0 aliphatic carbocycles.